The highest BCUT2D eigenvalue weighted by Crippen LogP contribution is 2.14. The van der Waals surface area contributed by atoms with Crippen LogP contribution in [0.15, 0.2) is 0 Å². The van der Waals surface area contributed by atoms with Crippen LogP contribution in [-0.4, -0.2) is 36.8 Å². The minimum atomic E-state index is -0.107. The van der Waals surface area contributed by atoms with E-state index in [9.17, 15) is 5.11 Å². The van der Waals surface area contributed by atoms with E-state index >= 15 is 0 Å². The van der Waals surface area contributed by atoms with Crippen LogP contribution < -0.4 is 0 Å². The molecule has 0 amide bonds. The lowest BCUT2D eigenvalue weighted by molar-refractivity contribution is 0.124. The van der Waals surface area contributed by atoms with Crippen molar-refractivity contribution in [2.75, 3.05) is 20.6 Å². The fourth-order valence-corrected chi connectivity index (χ4v) is 1.60. The normalized spacial score (nSPS) is 16.2. The molecule has 0 aliphatic rings. The molecule has 0 saturated carbocycles. The average Bonchev–Trinajstić information content (AvgIpc) is 2.01. The van der Waals surface area contributed by atoms with Crippen molar-refractivity contribution >= 4 is 0 Å². The maximum absolute atomic E-state index is 9.67. The van der Waals surface area contributed by atoms with Crippen molar-refractivity contribution in [3.63, 3.8) is 0 Å². The second-order valence-corrected chi connectivity index (χ2v) is 4.38. The van der Waals surface area contributed by atoms with E-state index in [1.165, 1.54) is 12.8 Å². The van der Waals surface area contributed by atoms with Crippen molar-refractivity contribution in [2.24, 2.45) is 5.92 Å². The molecular weight excluding hydrogens is 162 g/mol. The molecule has 1 N–H and O–H groups in total. The summed E-state index contributed by atoms with van der Waals surface area (Å²) in [6.07, 6.45) is 4.22. The van der Waals surface area contributed by atoms with E-state index in [-0.39, 0.29) is 6.10 Å². The molecule has 13 heavy (non-hydrogen) atoms. The van der Waals surface area contributed by atoms with Crippen LogP contribution in [0.2, 0.25) is 0 Å². The Hall–Kier alpha value is -0.0800. The number of aliphatic hydroxyl groups is 1. The first-order valence-corrected chi connectivity index (χ1v) is 5.39. The van der Waals surface area contributed by atoms with Crippen LogP contribution in [0, 0.1) is 5.92 Å². The van der Waals surface area contributed by atoms with Crippen molar-refractivity contribution in [3.8, 4) is 0 Å². The Labute approximate surface area is 82.9 Å². The summed E-state index contributed by atoms with van der Waals surface area (Å²) in [5, 5.41) is 9.67. The first-order valence-electron chi connectivity index (χ1n) is 5.39. The van der Waals surface area contributed by atoms with Gasteiger partial charge in [-0.3, -0.25) is 0 Å². The van der Waals surface area contributed by atoms with Crippen molar-refractivity contribution in [1.82, 2.24) is 4.90 Å². The van der Waals surface area contributed by atoms with Crippen molar-refractivity contribution in [1.29, 1.82) is 0 Å². The van der Waals surface area contributed by atoms with Gasteiger partial charge in [0.15, 0.2) is 0 Å². The van der Waals surface area contributed by atoms with E-state index < -0.39 is 0 Å². The number of hydrogen-bond donors (Lipinski definition) is 1. The minimum Gasteiger partial charge on any atom is -0.393 e. The van der Waals surface area contributed by atoms with E-state index in [1.807, 2.05) is 14.1 Å². The van der Waals surface area contributed by atoms with Gasteiger partial charge in [0.25, 0.3) is 0 Å². The average molecular weight is 187 g/mol. The quantitative estimate of drug-likeness (QED) is 0.660. The van der Waals surface area contributed by atoms with E-state index in [2.05, 4.69) is 18.7 Å². The van der Waals surface area contributed by atoms with Gasteiger partial charge in [0.05, 0.1) is 6.10 Å². The molecule has 0 saturated heterocycles. The topological polar surface area (TPSA) is 23.5 Å². The maximum Gasteiger partial charge on any atom is 0.0555 e. The van der Waals surface area contributed by atoms with Gasteiger partial charge in [-0.15, -0.1) is 0 Å². The summed E-state index contributed by atoms with van der Waals surface area (Å²) in [5.74, 6) is 0.669. The molecule has 0 aliphatic carbocycles. The molecule has 0 radical (unpaired) electrons. The first-order chi connectivity index (χ1) is 6.06. The van der Waals surface area contributed by atoms with Crippen LogP contribution >= 0.6 is 0 Å². The van der Waals surface area contributed by atoms with Gasteiger partial charge in [-0.2, -0.15) is 0 Å². The molecule has 0 fully saturated rings. The van der Waals surface area contributed by atoms with Crippen molar-refractivity contribution in [2.45, 2.75) is 45.6 Å². The lowest BCUT2D eigenvalue weighted by Crippen LogP contribution is -2.20. The molecular formula is C11H25NO. The Kier molecular flexibility index (Phi) is 7.29. The van der Waals surface area contributed by atoms with Gasteiger partial charge in [0, 0.05) is 0 Å². The summed E-state index contributed by atoms with van der Waals surface area (Å²) in [5.41, 5.74) is 0. The van der Waals surface area contributed by atoms with Crippen LogP contribution in [0.5, 0.6) is 0 Å². The highest BCUT2D eigenvalue weighted by atomic mass is 16.3. The Morgan fingerprint density at radius 2 is 1.85 bits per heavy atom. The lowest BCUT2D eigenvalue weighted by atomic mass is 9.97. The van der Waals surface area contributed by atoms with Gasteiger partial charge in [0.1, 0.15) is 0 Å². The number of nitrogens with zero attached hydrogens (tertiary/aromatic N) is 1. The fourth-order valence-electron chi connectivity index (χ4n) is 1.60. The molecule has 80 valence electrons. The third-order valence-electron chi connectivity index (χ3n) is 2.37. The van der Waals surface area contributed by atoms with Crippen LogP contribution in [0.3, 0.4) is 0 Å². The molecule has 0 spiro atoms. The third-order valence-corrected chi connectivity index (χ3v) is 2.37. The molecule has 0 aromatic rings. The number of rotatable bonds is 7. The molecule has 0 heterocycles. The summed E-state index contributed by atoms with van der Waals surface area (Å²) >= 11 is 0. The lowest BCUT2D eigenvalue weighted by Gasteiger charge is -2.17. The molecule has 2 heteroatoms. The Balaban J connectivity index is 3.43. The Morgan fingerprint density at radius 1 is 1.23 bits per heavy atom. The summed E-state index contributed by atoms with van der Waals surface area (Å²) < 4.78 is 0. The van der Waals surface area contributed by atoms with E-state index in [4.69, 9.17) is 0 Å². The minimum absolute atomic E-state index is 0.107. The number of hydrogen-bond acceptors (Lipinski definition) is 2. The zero-order valence-electron chi connectivity index (χ0n) is 9.58. The van der Waals surface area contributed by atoms with Gasteiger partial charge in [-0.25, -0.2) is 0 Å². The molecule has 0 aromatic heterocycles. The van der Waals surface area contributed by atoms with Gasteiger partial charge in [0.2, 0.25) is 0 Å². The summed E-state index contributed by atoms with van der Waals surface area (Å²) in [6.45, 7) is 5.41. The second-order valence-electron chi connectivity index (χ2n) is 4.38. The first kappa shape index (κ1) is 12.9. The van der Waals surface area contributed by atoms with Gasteiger partial charge < -0.3 is 10.0 Å². The standard InChI is InChI=1S/C11H25NO/c1-5-6-10(2)9-11(13)7-8-12(3)4/h10-11,13H,5-9H2,1-4H3. The molecule has 0 rings (SSSR count). The van der Waals surface area contributed by atoms with Gasteiger partial charge in [-0.1, -0.05) is 26.7 Å². The monoisotopic (exact) mass is 187 g/mol. The Bertz CT molecular complexity index is 115. The smallest absolute Gasteiger partial charge is 0.0555 e. The third kappa shape index (κ3) is 8.26. The van der Waals surface area contributed by atoms with Crippen LogP contribution in [0.4, 0.5) is 0 Å². The summed E-state index contributed by atoms with van der Waals surface area (Å²) in [4.78, 5) is 2.12. The Morgan fingerprint density at radius 3 is 2.31 bits per heavy atom. The molecule has 0 bridgehead atoms. The van der Waals surface area contributed by atoms with Crippen LogP contribution in [-0.2, 0) is 0 Å². The molecule has 0 aromatic carbocycles. The summed E-state index contributed by atoms with van der Waals surface area (Å²) in [7, 11) is 4.09. The van der Waals surface area contributed by atoms with E-state index in [0.717, 1.165) is 19.4 Å². The van der Waals surface area contributed by atoms with Gasteiger partial charge >= 0.3 is 0 Å². The molecule has 0 aliphatic heterocycles. The van der Waals surface area contributed by atoms with E-state index in [0.29, 0.717) is 5.92 Å². The van der Waals surface area contributed by atoms with Crippen molar-refractivity contribution in [3.05, 3.63) is 0 Å². The molecule has 2 nitrogen and oxygen atoms in total. The zero-order chi connectivity index (χ0) is 10.3. The predicted octanol–water partition coefficient (Wildman–Crippen LogP) is 2.13. The molecule has 2 unspecified atom stereocenters. The number of aliphatic hydroxyl groups excluding tert-OH is 1. The van der Waals surface area contributed by atoms with Crippen LogP contribution in [0.1, 0.15) is 39.5 Å². The van der Waals surface area contributed by atoms with Gasteiger partial charge in [-0.05, 0) is 39.4 Å². The second kappa shape index (κ2) is 7.34. The summed E-state index contributed by atoms with van der Waals surface area (Å²) in [6, 6.07) is 0. The molecule has 2 atom stereocenters. The maximum atomic E-state index is 9.67. The highest BCUT2D eigenvalue weighted by Gasteiger charge is 2.09. The largest absolute Gasteiger partial charge is 0.393 e. The SMILES string of the molecule is CCCC(C)CC(O)CCN(C)C. The van der Waals surface area contributed by atoms with E-state index in [1.54, 1.807) is 0 Å². The highest BCUT2D eigenvalue weighted by molar-refractivity contribution is 4.62. The zero-order valence-corrected chi connectivity index (χ0v) is 9.58. The predicted molar refractivity (Wildman–Crippen MR) is 57.9 cm³/mol. The van der Waals surface area contributed by atoms with Crippen LogP contribution in [0.25, 0.3) is 0 Å². The van der Waals surface area contributed by atoms with Crippen molar-refractivity contribution < 1.29 is 5.11 Å². The fraction of sp³-hybridized carbons (Fsp3) is 1.00.